The first-order chi connectivity index (χ1) is 14.7. The number of carbonyl (C=O) groups excluding carboxylic acids is 1. The summed E-state index contributed by atoms with van der Waals surface area (Å²) < 4.78 is 5.64. The molecule has 3 aromatic carbocycles. The van der Waals surface area contributed by atoms with E-state index in [4.69, 9.17) is 4.74 Å². The Hall–Kier alpha value is -3.53. The lowest BCUT2D eigenvalue weighted by molar-refractivity contribution is 0.0454. The van der Waals surface area contributed by atoms with Gasteiger partial charge in [-0.2, -0.15) is 0 Å². The molecule has 1 aliphatic heterocycles. The van der Waals surface area contributed by atoms with E-state index in [1.54, 1.807) is 6.08 Å². The second-order valence-electron chi connectivity index (χ2n) is 7.39. The van der Waals surface area contributed by atoms with E-state index in [0.29, 0.717) is 25.1 Å². The topological polar surface area (TPSA) is 41.6 Å². The molecular formula is C26H26N2O2. The molecule has 1 aliphatic rings. The molecule has 0 radical (unpaired) electrons. The fourth-order valence-electron chi connectivity index (χ4n) is 4.05. The minimum Gasteiger partial charge on any atom is -0.490 e. The van der Waals surface area contributed by atoms with Crippen LogP contribution in [0.5, 0.6) is 5.75 Å². The van der Waals surface area contributed by atoms with E-state index in [1.165, 1.54) is 0 Å². The van der Waals surface area contributed by atoms with E-state index in [0.717, 1.165) is 22.6 Å². The number of nitrogens with zero attached hydrogens (tertiary/aromatic N) is 1. The Kier molecular flexibility index (Phi) is 5.57. The molecule has 0 spiro atoms. The number of hydrogen-bond acceptors (Lipinski definition) is 3. The van der Waals surface area contributed by atoms with Crippen LogP contribution in [-0.2, 0) is 12.2 Å². The maximum Gasteiger partial charge on any atom is 0.258 e. The van der Waals surface area contributed by atoms with E-state index >= 15 is 0 Å². The summed E-state index contributed by atoms with van der Waals surface area (Å²) in [6.45, 7) is 6.78. The van der Waals surface area contributed by atoms with Crippen molar-refractivity contribution < 1.29 is 9.53 Å². The van der Waals surface area contributed by atoms with Gasteiger partial charge in [0.1, 0.15) is 18.0 Å². The van der Waals surface area contributed by atoms with Crippen molar-refractivity contribution in [2.24, 2.45) is 0 Å². The van der Waals surface area contributed by atoms with Crippen LogP contribution in [0.3, 0.4) is 0 Å². The van der Waals surface area contributed by atoms with Crippen LogP contribution in [0.25, 0.3) is 0 Å². The van der Waals surface area contributed by atoms with Crippen molar-refractivity contribution in [2.75, 3.05) is 11.9 Å². The van der Waals surface area contributed by atoms with Crippen molar-refractivity contribution in [1.29, 1.82) is 0 Å². The van der Waals surface area contributed by atoms with Crippen LogP contribution >= 0.6 is 0 Å². The first kappa shape index (κ1) is 19.8. The highest BCUT2D eigenvalue weighted by Crippen LogP contribution is 2.41. The number of benzene rings is 3. The molecular weight excluding hydrogens is 372 g/mol. The minimum absolute atomic E-state index is 0.0297. The average Bonchev–Trinajstić information content (AvgIpc) is 2.80. The smallest absolute Gasteiger partial charge is 0.258 e. The van der Waals surface area contributed by atoms with Crippen LogP contribution in [0.2, 0.25) is 0 Å². The highest BCUT2D eigenvalue weighted by Gasteiger charge is 2.44. The van der Waals surface area contributed by atoms with E-state index < -0.39 is 5.66 Å². The summed E-state index contributed by atoms with van der Waals surface area (Å²) in [6.07, 6.45) is 2.44. The largest absolute Gasteiger partial charge is 0.490 e. The summed E-state index contributed by atoms with van der Waals surface area (Å²) in [5.41, 5.74) is 3.02. The monoisotopic (exact) mass is 398 g/mol. The lowest BCUT2D eigenvalue weighted by atomic mass is 9.89. The maximum absolute atomic E-state index is 13.6. The van der Waals surface area contributed by atoms with Crippen LogP contribution in [0.15, 0.2) is 91.5 Å². The van der Waals surface area contributed by atoms with Gasteiger partial charge in [-0.25, -0.2) is 0 Å². The zero-order valence-corrected chi connectivity index (χ0v) is 17.2. The number of rotatable bonds is 7. The van der Waals surface area contributed by atoms with Gasteiger partial charge in [0.2, 0.25) is 0 Å². The summed E-state index contributed by atoms with van der Waals surface area (Å²) in [5.74, 6) is 0.809. The fraction of sp³-hybridized carbons (Fsp3) is 0.192. The van der Waals surface area contributed by atoms with Gasteiger partial charge < -0.3 is 15.0 Å². The fourth-order valence-corrected chi connectivity index (χ4v) is 4.05. The summed E-state index contributed by atoms with van der Waals surface area (Å²) in [4.78, 5) is 15.6. The van der Waals surface area contributed by atoms with E-state index in [2.05, 4.69) is 31.0 Å². The zero-order chi connectivity index (χ0) is 21.0. The van der Waals surface area contributed by atoms with Crippen molar-refractivity contribution in [2.45, 2.75) is 25.6 Å². The summed E-state index contributed by atoms with van der Waals surface area (Å²) >= 11 is 0. The molecule has 0 saturated carbocycles. The lowest BCUT2D eigenvalue weighted by Gasteiger charge is -2.48. The van der Waals surface area contributed by atoms with Crippen molar-refractivity contribution in [3.63, 3.8) is 0 Å². The van der Waals surface area contributed by atoms with E-state index in [-0.39, 0.29) is 5.91 Å². The maximum atomic E-state index is 13.6. The van der Waals surface area contributed by atoms with Crippen molar-refractivity contribution >= 4 is 11.6 Å². The Bertz CT molecular complexity index is 1030. The van der Waals surface area contributed by atoms with Gasteiger partial charge in [0.05, 0.1) is 5.56 Å². The average molecular weight is 399 g/mol. The third-order valence-corrected chi connectivity index (χ3v) is 5.60. The molecule has 1 amide bonds. The minimum atomic E-state index is -0.655. The molecule has 4 rings (SSSR count). The van der Waals surface area contributed by atoms with Crippen LogP contribution in [0.4, 0.5) is 5.69 Å². The molecule has 0 saturated heterocycles. The highest BCUT2D eigenvalue weighted by molar-refractivity contribution is 6.02. The van der Waals surface area contributed by atoms with Gasteiger partial charge in [-0.3, -0.25) is 4.79 Å². The van der Waals surface area contributed by atoms with Crippen LogP contribution < -0.4 is 10.1 Å². The van der Waals surface area contributed by atoms with Crippen LogP contribution in [-0.4, -0.2) is 17.4 Å². The van der Waals surface area contributed by atoms with Crippen LogP contribution in [0, 0.1) is 0 Å². The van der Waals surface area contributed by atoms with E-state index in [1.807, 2.05) is 71.6 Å². The SMILES string of the molecule is C=CCOc1ccc(C2(CC)Nc3ccccc3C(=O)N2Cc2ccccc2)cc1. The third kappa shape index (κ3) is 3.57. The molecule has 0 aromatic heterocycles. The number of carbonyl (C=O) groups is 1. The summed E-state index contributed by atoms with van der Waals surface area (Å²) in [5, 5.41) is 3.69. The standard InChI is InChI=1S/C26H26N2O2/c1-3-18-30-22-16-14-21(15-17-22)26(4-2)27-24-13-9-8-12-23(24)25(29)28(26)19-20-10-6-5-7-11-20/h3,5-17,27H,1,4,18-19H2,2H3. The number of fused-ring (bicyclic) bond motifs is 1. The molecule has 0 fully saturated rings. The molecule has 1 atom stereocenters. The number of anilines is 1. The Morgan fingerprint density at radius 1 is 1.00 bits per heavy atom. The third-order valence-electron chi connectivity index (χ3n) is 5.60. The predicted molar refractivity (Wildman–Crippen MR) is 120 cm³/mol. The molecule has 152 valence electrons. The molecule has 3 aromatic rings. The number of nitrogens with one attached hydrogen (secondary N) is 1. The molecule has 1 unspecified atom stereocenters. The molecule has 30 heavy (non-hydrogen) atoms. The van der Waals surface area contributed by atoms with Crippen LogP contribution in [0.1, 0.15) is 34.8 Å². The van der Waals surface area contributed by atoms with Gasteiger partial charge in [-0.1, -0.05) is 74.2 Å². The molecule has 1 N–H and O–H groups in total. The second kappa shape index (κ2) is 8.46. The van der Waals surface area contributed by atoms with Crippen molar-refractivity contribution in [1.82, 2.24) is 4.90 Å². The number of para-hydroxylation sites is 1. The van der Waals surface area contributed by atoms with Crippen molar-refractivity contribution in [3.05, 3.63) is 108 Å². The van der Waals surface area contributed by atoms with Gasteiger partial charge >= 0.3 is 0 Å². The Labute approximate surface area is 177 Å². The molecule has 0 bridgehead atoms. The predicted octanol–water partition coefficient (Wildman–Crippen LogP) is 5.58. The van der Waals surface area contributed by atoms with Gasteiger partial charge in [-0.15, -0.1) is 0 Å². The zero-order valence-electron chi connectivity index (χ0n) is 17.2. The Balaban J connectivity index is 1.79. The normalized spacial score (nSPS) is 17.8. The lowest BCUT2D eigenvalue weighted by Crippen LogP contribution is -2.56. The first-order valence-corrected chi connectivity index (χ1v) is 10.3. The van der Waals surface area contributed by atoms with E-state index in [9.17, 15) is 4.79 Å². The quantitative estimate of drug-likeness (QED) is 0.528. The Morgan fingerprint density at radius 2 is 1.70 bits per heavy atom. The van der Waals surface area contributed by atoms with Gasteiger partial charge in [0.25, 0.3) is 5.91 Å². The molecule has 4 heteroatoms. The summed E-state index contributed by atoms with van der Waals surface area (Å²) in [7, 11) is 0. The first-order valence-electron chi connectivity index (χ1n) is 10.3. The summed E-state index contributed by atoms with van der Waals surface area (Å²) in [6, 6.07) is 25.8. The molecule has 4 nitrogen and oxygen atoms in total. The molecule has 1 heterocycles. The van der Waals surface area contributed by atoms with Gasteiger partial charge in [0, 0.05) is 12.2 Å². The van der Waals surface area contributed by atoms with Gasteiger partial charge in [0.15, 0.2) is 0 Å². The Morgan fingerprint density at radius 3 is 2.40 bits per heavy atom. The number of ether oxygens (including phenoxy) is 1. The molecule has 0 aliphatic carbocycles. The second-order valence-corrected chi connectivity index (χ2v) is 7.39. The van der Waals surface area contributed by atoms with Crippen molar-refractivity contribution in [3.8, 4) is 5.75 Å². The number of hydrogen-bond donors (Lipinski definition) is 1. The number of amides is 1. The highest BCUT2D eigenvalue weighted by atomic mass is 16.5. The van der Waals surface area contributed by atoms with Gasteiger partial charge in [-0.05, 0) is 41.8 Å².